The van der Waals surface area contributed by atoms with E-state index in [4.69, 9.17) is 25.8 Å². The standard InChI is InChI=1S/C23H33ClFNO5/c1-14-8-9-26(21(28)31-23(5,6)7)15(10-14)13-29-19-12-18(25)16(11-17(19)24)20(27)30-22(2,3)4/h11-12,14-15H,8-10,13H2,1-7H3. The van der Waals surface area contributed by atoms with E-state index < -0.39 is 29.1 Å². The summed E-state index contributed by atoms with van der Waals surface area (Å²) in [6.07, 6.45) is 1.20. The van der Waals surface area contributed by atoms with E-state index in [1.807, 2.05) is 20.8 Å². The minimum absolute atomic E-state index is 0.0925. The summed E-state index contributed by atoms with van der Waals surface area (Å²) in [5.74, 6) is -1.06. The predicted molar refractivity (Wildman–Crippen MR) is 117 cm³/mol. The number of carbonyl (C=O) groups is 2. The molecule has 0 bridgehead atoms. The van der Waals surface area contributed by atoms with Crippen LogP contribution in [0.25, 0.3) is 0 Å². The van der Waals surface area contributed by atoms with Crippen molar-refractivity contribution in [1.29, 1.82) is 0 Å². The molecule has 1 aromatic carbocycles. The number of esters is 1. The zero-order valence-corrected chi connectivity index (χ0v) is 20.1. The first-order chi connectivity index (χ1) is 14.2. The third-order valence-electron chi connectivity index (χ3n) is 4.68. The van der Waals surface area contributed by atoms with Gasteiger partial charge in [0.2, 0.25) is 0 Å². The molecule has 0 spiro atoms. The van der Waals surface area contributed by atoms with Crippen LogP contribution in [0.4, 0.5) is 9.18 Å². The molecular weight excluding hydrogens is 425 g/mol. The molecule has 1 heterocycles. The Morgan fingerprint density at radius 2 is 1.74 bits per heavy atom. The lowest BCUT2D eigenvalue weighted by Crippen LogP contribution is -2.50. The van der Waals surface area contributed by atoms with Crippen molar-refractivity contribution in [2.24, 2.45) is 5.92 Å². The van der Waals surface area contributed by atoms with Crippen molar-refractivity contribution in [3.63, 3.8) is 0 Å². The summed E-state index contributed by atoms with van der Waals surface area (Å²) in [4.78, 5) is 26.5. The van der Waals surface area contributed by atoms with Crippen molar-refractivity contribution < 1.29 is 28.2 Å². The van der Waals surface area contributed by atoms with Crippen molar-refractivity contribution in [3.05, 3.63) is 28.5 Å². The third-order valence-corrected chi connectivity index (χ3v) is 4.97. The molecule has 1 aliphatic heterocycles. The molecule has 1 fully saturated rings. The van der Waals surface area contributed by atoms with Crippen LogP contribution >= 0.6 is 11.6 Å². The number of amides is 1. The quantitative estimate of drug-likeness (QED) is 0.530. The molecule has 2 unspecified atom stereocenters. The maximum absolute atomic E-state index is 14.6. The lowest BCUT2D eigenvalue weighted by atomic mass is 9.93. The molecule has 0 N–H and O–H groups in total. The average Bonchev–Trinajstić information content (AvgIpc) is 2.59. The number of rotatable bonds is 4. The largest absolute Gasteiger partial charge is 0.490 e. The first-order valence-electron chi connectivity index (χ1n) is 10.5. The van der Waals surface area contributed by atoms with Crippen LogP contribution in [0.2, 0.25) is 5.02 Å². The van der Waals surface area contributed by atoms with Crippen LogP contribution in [-0.4, -0.2) is 47.4 Å². The zero-order chi connectivity index (χ0) is 23.6. The minimum atomic E-state index is -0.796. The summed E-state index contributed by atoms with van der Waals surface area (Å²) < 4.78 is 31.1. The Labute approximate surface area is 189 Å². The highest BCUT2D eigenvalue weighted by Gasteiger charge is 2.33. The molecule has 31 heavy (non-hydrogen) atoms. The van der Waals surface area contributed by atoms with E-state index in [1.165, 1.54) is 6.07 Å². The number of piperidine rings is 1. The van der Waals surface area contributed by atoms with Gasteiger partial charge in [-0.15, -0.1) is 0 Å². The molecule has 1 aliphatic rings. The zero-order valence-electron chi connectivity index (χ0n) is 19.4. The summed E-state index contributed by atoms with van der Waals surface area (Å²) in [5, 5.41) is 0.0925. The number of benzene rings is 1. The Kier molecular flexibility index (Phi) is 7.84. The number of halogens is 2. The van der Waals surface area contributed by atoms with Gasteiger partial charge in [-0.1, -0.05) is 18.5 Å². The highest BCUT2D eigenvalue weighted by molar-refractivity contribution is 6.32. The second-order valence-corrected chi connectivity index (χ2v) is 10.4. The topological polar surface area (TPSA) is 65.1 Å². The molecule has 1 amide bonds. The summed E-state index contributed by atoms with van der Waals surface area (Å²) in [6.45, 7) is 13.4. The van der Waals surface area contributed by atoms with Crippen molar-refractivity contribution in [1.82, 2.24) is 4.90 Å². The Bertz CT molecular complexity index is 815. The van der Waals surface area contributed by atoms with Crippen molar-refractivity contribution >= 4 is 23.7 Å². The molecule has 174 valence electrons. The van der Waals surface area contributed by atoms with Gasteiger partial charge < -0.3 is 19.1 Å². The fraction of sp³-hybridized carbons (Fsp3) is 0.652. The maximum atomic E-state index is 14.6. The predicted octanol–water partition coefficient (Wildman–Crippen LogP) is 5.85. The summed E-state index contributed by atoms with van der Waals surface area (Å²) in [7, 11) is 0. The van der Waals surface area contributed by atoms with Crippen LogP contribution in [0, 0.1) is 11.7 Å². The number of ether oxygens (including phenoxy) is 3. The van der Waals surface area contributed by atoms with Crippen LogP contribution in [0.1, 0.15) is 71.7 Å². The Morgan fingerprint density at radius 1 is 1.13 bits per heavy atom. The molecule has 2 atom stereocenters. The van der Waals surface area contributed by atoms with Crippen LogP contribution in [0.3, 0.4) is 0 Å². The first kappa shape index (κ1) is 25.2. The second-order valence-electron chi connectivity index (χ2n) is 10.0. The van der Waals surface area contributed by atoms with Gasteiger partial charge >= 0.3 is 12.1 Å². The average molecular weight is 458 g/mol. The van der Waals surface area contributed by atoms with Crippen molar-refractivity contribution in [2.45, 2.75) is 78.6 Å². The molecule has 0 aromatic heterocycles. The molecule has 6 nitrogen and oxygen atoms in total. The number of carbonyl (C=O) groups excluding carboxylic acids is 2. The third kappa shape index (κ3) is 7.56. The molecule has 1 saturated heterocycles. The van der Waals surface area contributed by atoms with Crippen LogP contribution in [-0.2, 0) is 9.47 Å². The van der Waals surface area contributed by atoms with Crippen molar-refractivity contribution in [2.75, 3.05) is 13.2 Å². The summed E-state index contributed by atoms with van der Waals surface area (Å²) in [5.41, 5.74) is -1.61. The van der Waals surface area contributed by atoms with E-state index in [9.17, 15) is 14.0 Å². The van der Waals surface area contributed by atoms with Crippen LogP contribution < -0.4 is 4.74 Å². The molecule has 2 rings (SSSR count). The number of nitrogens with zero attached hydrogens (tertiary/aromatic N) is 1. The van der Waals surface area contributed by atoms with Gasteiger partial charge in [-0.05, 0) is 66.4 Å². The maximum Gasteiger partial charge on any atom is 0.410 e. The van der Waals surface area contributed by atoms with Gasteiger partial charge in [-0.3, -0.25) is 0 Å². The van der Waals surface area contributed by atoms with Gasteiger partial charge in [0, 0.05) is 12.6 Å². The minimum Gasteiger partial charge on any atom is -0.490 e. The Hall–Kier alpha value is -2.02. The molecule has 0 saturated carbocycles. The Balaban J connectivity index is 2.13. The Morgan fingerprint density at radius 3 is 2.32 bits per heavy atom. The van der Waals surface area contributed by atoms with E-state index >= 15 is 0 Å². The molecule has 1 aromatic rings. The van der Waals surface area contributed by atoms with Gasteiger partial charge in [-0.25, -0.2) is 14.0 Å². The van der Waals surface area contributed by atoms with Gasteiger partial charge in [0.15, 0.2) is 0 Å². The highest BCUT2D eigenvalue weighted by Crippen LogP contribution is 2.31. The number of hydrogen-bond donors (Lipinski definition) is 0. The second kappa shape index (κ2) is 9.63. The van der Waals surface area contributed by atoms with E-state index in [-0.39, 0.29) is 29.0 Å². The normalized spacial score (nSPS) is 19.7. The van der Waals surface area contributed by atoms with E-state index in [0.717, 1.165) is 18.9 Å². The smallest absolute Gasteiger partial charge is 0.410 e. The molecular formula is C23H33ClFNO5. The molecule has 0 radical (unpaired) electrons. The monoisotopic (exact) mass is 457 g/mol. The van der Waals surface area contributed by atoms with E-state index in [0.29, 0.717) is 12.5 Å². The summed E-state index contributed by atoms with van der Waals surface area (Å²) in [6, 6.07) is 2.05. The van der Waals surface area contributed by atoms with E-state index in [1.54, 1.807) is 25.7 Å². The van der Waals surface area contributed by atoms with Crippen LogP contribution in [0.5, 0.6) is 5.75 Å². The van der Waals surface area contributed by atoms with Gasteiger partial charge in [0.25, 0.3) is 0 Å². The fourth-order valence-corrected chi connectivity index (χ4v) is 3.50. The lowest BCUT2D eigenvalue weighted by molar-refractivity contribution is -0.00177. The SMILES string of the molecule is CC1CCN(C(=O)OC(C)(C)C)C(COc2cc(F)c(C(=O)OC(C)(C)C)cc2Cl)C1. The number of likely N-dealkylation sites (tertiary alicyclic amines) is 1. The fourth-order valence-electron chi connectivity index (χ4n) is 3.29. The molecule has 8 heteroatoms. The highest BCUT2D eigenvalue weighted by atomic mass is 35.5. The van der Waals surface area contributed by atoms with Gasteiger partial charge in [0.1, 0.15) is 29.4 Å². The van der Waals surface area contributed by atoms with Gasteiger partial charge in [-0.2, -0.15) is 0 Å². The van der Waals surface area contributed by atoms with Crippen LogP contribution in [0.15, 0.2) is 12.1 Å². The van der Waals surface area contributed by atoms with E-state index in [2.05, 4.69) is 6.92 Å². The van der Waals surface area contributed by atoms with Crippen molar-refractivity contribution in [3.8, 4) is 5.75 Å². The number of hydrogen-bond acceptors (Lipinski definition) is 5. The lowest BCUT2D eigenvalue weighted by Gasteiger charge is -2.38. The van der Waals surface area contributed by atoms with Gasteiger partial charge in [0.05, 0.1) is 16.6 Å². The summed E-state index contributed by atoms with van der Waals surface area (Å²) >= 11 is 6.24. The molecule has 0 aliphatic carbocycles. The first-order valence-corrected chi connectivity index (χ1v) is 10.9.